The Hall–Kier alpha value is -2.25. The molecule has 1 aliphatic carbocycles. The zero-order chi connectivity index (χ0) is 20.1. The van der Waals surface area contributed by atoms with Crippen LogP contribution >= 0.6 is 0 Å². The van der Waals surface area contributed by atoms with Gasteiger partial charge in [-0.15, -0.1) is 0 Å². The molecule has 1 unspecified atom stereocenters. The van der Waals surface area contributed by atoms with Crippen molar-refractivity contribution in [2.45, 2.75) is 64.3 Å². The normalized spacial score (nSPS) is 22.0. The second-order valence-electron chi connectivity index (χ2n) is 8.27. The first-order chi connectivity index (χ1) is 14.2. The number of nitrogens with one attached hydrogen (secondary N) is 1. The molecular formula is C22H31N5O2. The number of ether oxygens (including phenoxy) is 1. The van der Waals surface area contributed by atoms with Gasteiger partial charge in [-0.2, -0.15) is 0 Å². The molecule has 156 valence electrons. The molecule has 7 heteroatoms. The van der Waals surface area contributed by atoms with Crippen LogP contribution in [0.2, 0.25) is 0 Å². The summed E-state index contributed by atoms with van der Waals surface area (Å²) in [6.07, 6.45) is 11.2. The number of aromatic amines is 1. The average molecular weight is 398 g/mol. The highest BCUT2D eigenvalue weighted by atomic mass is 16.5. The Morgan fingerprint density at radius 2 is 1.97 bits per heavy atom. The van der Waals surface area contributed by atoms with Crippen molar-refractivity contribution in [1.29, 1.82) is 0 Å². The summed E-state index contributed by atoms with van der Waals surface area (Å²) in [5.41, 5.74) is 3.16. The van der Waals surface area contributed by atoms with Crippen LogP contribution in [0.15, 0.2) is 30.9 Å². The van der Waals surface area contributed by atoms with Crippen LogP contribution < -0.4 is 0 Å². The Kier molecular flexibility index (Phi) is 6.56. The van der Waals surface area contributed by atoms with Crippen molar-refractivity contribution < 1.29 is 9.53 Å². The van der Waals surface area contributed by atoms with Crippen molar-refractivity contribution in [2.24, 2.45) is 0 Å². The molecule has 0 aromatic carbocycles. The van der Waals surface area contributed by atoms with Crippen LogP contribution in [-0.2, 0) is 22.7 Å². The van der Waals surface area contributed by atoms with E-state index in [9.17, 15) is 4.79 Å². The molecule has 1 N–H and O–H groups in total. The van der Waals surface area contributed by atoms with E-state index in [1.54, 1.807) is 18.7 Å². The monoisotopic (exact) mass is 397 g/mol. The summed E-state index contributed by atoms with van der Waals surface area (Å²) in [6, 6.07) is 4.31. The average Bonchev–Trinajstić information content (AvgIpc) is 3.07. The van der Waals surface area contributed by atoms with Crippen molar-refractivity contribution in [1.82, 2.24) is 24.8 Å². The molecule has 0 bridgehead atoms. The van der Waals surface area contributed by atoms with E-state index >= 15 is 0 Å². The molecule has 7 nitrogen and oxygen atoms in total. The van der Waals surface area contributed by atoms with Crippen molar-refractivity contribution in [3.05, 3.63) is 47.8 Å². The number of nitrogens with zero attached hydrogens (tertiary/aromatic N) is 4. The Morgan fingerprint density at radius 3 is 2.69 bits per heavy atom. The third kappa shape index (κ3) is 5.22. The van der Waals surface area contributed by atoms with E-state index in [1.807, 2.05) is 19.1 Å². The quantitative estimate of drug-likeness (QED) is 0.811. The second kappa shape index (κ2) is 9.50. The first-order valence-corrected chi connectivity index (χ1v) is 10.7. The number of pyridine rings is 1. The molecule has 2 aliphatic rings. The molecular weight excluding hydrogens is 366 g/mol. The zero-order valence-electron chi connectivity index (χ0n) is 17.2. The number of aryl methyl sites for hydroxylation is 1. The summed E-state index contributed by atoms with van der Waals surface area (Å²) >= 11 is 0. The molecule has 29 heavy (non-hydrogen) atoms. The van der Waals surface area contributed by atoms with E-state index < -0.39 is 0 Å². The fourth-order valence-electron chi connectivity index (χ4n) is 4.44. The van der Waals surface area contributed by atoms with E-state index in [4.69, 9.17) is 4.74 Å². The highest BCUT2D eigenvalue weighted by Gasteiger charge is 2.33. The number of carbonyl (C=O) groups excluding carboxylic acids is 1. The summed E-state index contributed by atoms with van der Waals surface area (Å²) in [4.78, 5) is 29.1. The summed E-state index contributed by atoms with van der Waals surface area (Å²) in [7, 11) is 0. The molecule has 1 atom stereocenters. The van der Waals surface area contributed by atoms with Crippen LogP contribution in [0.1, 0.15) is 49.1 Å². The topological polar surface area (TPSA) is 74.4 Å². The lowest BCUT2D eigenvalue weighted by Crippen LogP contribution is -2.45. The van der Waals surface area contributed by atoms with Gasteiger partial charge in [-0.25, -0.2) is 4.98 Å². The van der Waals surface area contributed by atoms with Crippen LogP contribution in [-0.4, -0.2) is 62.4 Å². The summed E-state index contributed by atoms with van der Waals surface area (Å²) in [6.45, 7) is 5.05. The zero-order valence-corrected chi connectivity index (χ0v) is 17.2. The predicted octanol–water partition coefficient (Wildman–Crippen LogP) is 2.68. The van der Waals surface area contributed by atoms with Crippen LogP contribution in [0, 0.1) is 6.92 Å². The Balaban J connectivity index is 1.48. The highest BCUT2D eigenvalue weighted by molar-refractivity contribution is 5.79. The SMILES string of the molecule is Cc1[nH]cnc1CN1CC(=O)N(C2CCCCC2)CC(OCc2ccncc2)C1. The Labute approximate surface area is 172 Å². The molecule has 0 radical (unpaired) electrons. The third-order valence-corrected chi connectivity index (χ3v) is 6.10. The number of amides is 1. The molecule has 1 amide bonds. The molecule has 1 aliphatic heterocycles. The lowest BCUT2D eigenvalue weighted by atomic mass is 9.94. The van der Waals surface area contributed by atoms with Gasteiger partial charge >= 0.3 is 0 Å². The maximum atomic E-state index is 13.1. The fraction of sp³-hybridized carbons (Fsp3) is 0.591. The minimum absolute atomic E-state index is 0.0178. The number of aromatic nitrogens is 3. The van der Waals surface area contributed by atoms with Crippen molar-refractivity contribution in [3.63, 3.8) is 0 Å². The second-order valence-corrected chi connectivity index (χ2v) is 8.27. The molecule has 4 rings (SSSR count). The molecule has 2 fully saturated rings. The lowest BCUT2D eigenvalue weighted by molar-refractivity contribution is -0.135. The highest BCUT2D eigenvalue weighted by Crippen LogP contribution is 2.25. The number of H-pyrrole nitrogens is 1. The summed E-state index contributed by atoms with van der Waals surface area (Å²) in [5.74, 6) is 0.222. The van der Waals surface area contributed by atoms with Gasteiger partial charge in [0, 0.05) is 43.8 Å². The Bertz CT molecular complexity index is 788. The van der Waals surface area contributed by atoms with E-state index in [2.05, 4.69) is 24.8 Å². The first-order valence-electron chi connectivity index (χ1n) is 10.7. The molecule has 0 spiro atoms. The Morgan fingerprint density at radius 1 is 1.17 bits per heavy atom. The van der Waals surface area contributed by atoms with Gasteiger partial charge in [-0.3, -0.25) is 14.7 Å². The minimum atomic E-state index is -0.0178. The van der Waals surface area contributed by atoms with E-state index in [0.717, 1.165) is 36.3 Å². The number of imidazole rings is 1. The number of hydrogen-bond acceptors (Lipinski definition) is 5. The third-order valence-electron chi connectivity index (χ3n) is 6.10. The van der Waals surface area contributed by atoms with Crippen LogP contribution in [0.5, 0.6) is 0 Å². The minimum Gasteiger partial charge on any atom is -0.370 e. The van der Waals surface area contributed by atoms with Gasteiger partial charge in [0.1, 0.15) is 0 Å². The lowest BCUT2D eigenvalue weighted by Gasteiger charge is -2.35. The summed E-state index contributed by atoms with van der Waals surface area (Å²) in [5, 5.41) is 0. The van der Waals surface area contributed by atoms with Crippen molar-refractivity contribution in [3.8, 4) is 0 Å². The maximum absolute atomic E-state index is 13.1. The first kappa shape index (κ1) is 20.0. The molecule has 2 aromatic rings. The standard InChI is InChI=1S/C22H31N5O2/c1-17-21(25-16-24-17)13-26-11-20(29-15-18-7-9-23-10-8-18)12-27(22(28)14-26)19-5-3-2-4-6-19/h7-10,16,19-20H,2-6,11-15H2,1H3,(H,24,25). The van der Waals surface area contributed by atoms with Crippen LogP contribution in [0.4, 0.5) is 0 Å². The number of hydrogen-bond donors (Lipinski definition) is 1. The van der Waals surface area contributed by atoms with Gasteiger partial charge in [0.2, 0.25) is 5.91 Å². The van der Waals surface area contributed by atoms with Crippen LogP contribution in [0.3, 0.4) is 0 Å². The largest absolute Gasteiger partial charge is 0.370 e. The van der Waals surface area contributed by atoms with E-state index in [1.165, 1.54) is 19.3 Å². The van der Waals surface area contributed by atoms with E-state index in [0.29, 0.717) is 32.3 Å². The van der Waals surface area contributed by atoms with Gasteiger partial charge in [0.05, 0.1) is 31.3 Å². The van der Waals surface area contributed by atoms with Crippen molar-refractivity contribution in [2.75, 3.05) is 19.6 Å². The van der Waals surface area contributed by atoms with Crippen LogP contribution in [0.25, 0.3) is 0 Å². The van der Waals surface area contributed by atoms with E-state index in [-0.39, 0.29) is 12.0 Å². The fourth-order valence-corrected chi connectivity index (χ4v) is 4.44. The van der Waals surface area contributed by atoms with Gasteiger partial charge in [-0.1, -0.05) is 19.3 Å². The van der Waals surface area contributed by atoms with Gasteiger partial charge in [-0.05, 0) is 37.5 Å². The summed E-state index contributed by atoms with van der Waals surface area (Å²) < 4.78 is 6.31. The van der Waals surface area contributed by atoms with Crippen molar-refractivity contribution >= 4 is 5.91 Å². The maximum Gasteiger partial charge on any atom is 0.237 e. The molecule has 2 aromatic heterocycles. The van der Waals surface area contributed by atoms with Gasteiger partial charge in [0.15, 0.2) is 0 Å². The smallest absolute Gasteiger partial charge is 0.237 e. The molecule has 1 saturated carbocycles. The van der Waals surface area contributed by atoms with Gasteiger partial charge < -0.3 is 14.6 Å². The molecule has 3 heterocycles. The number of carbonyl (C=O) groups is 1. The van der Waals surface area contributed by atoms with Gasteiger partial charge in [0.25, 0.3) is 0 Å². The molecule has 1 saturated heterocycles. The number of rotatable bonds is 6. The predicted molar refractivity (Wildman–Crippen MR) is 110 cm³/mol.